The van der Waals surface area contributed by atoms with Gasteiger partial charge in [-0.1, -0.05) is 36.4 Å². The minimum absolute atomic E-state index is 0.0676. The summed E-state index contributed by atoms with van der Waals surface area (Å²) in [5.41, 5.74) is 8.51. The fraction of sp³-hybridized carbons (Fsp3) is 0.259. The number of nitrogens with zero attached hydrogens (tertiary/aromatic N) is 4. The van der Waals surface area contributed by atoms with Gasteiger partial charge in [0.2, 0.25) is 5.91 Å². The van der Waals surface area contributed by atoms with E-state index < -0.39 is 17.4 Å². The van der Waals surface area contributed by atoms with Gasteiger partial charge < -0.3 is 5.73 Å². The summed E-state index contributed by atoms with van der Waals surface area (Å²) in [5.74, 6) is -4.00. The van der Waals surface area contributed by atoms with Gasteiger partial charge >= 0.3 is 0 Å². The third-order valence-corrected chi connectivity index (χ3v) is 6.63. The Labute approximate surface area is 202 Å². The van der Waals surface area contributed by atoms with Gasteiger partial charge in [-0.3, -0.25) is 9.69 Å². The molecule has 0 aromatic heterocycles. The molecule has 2 N–H and O–H groups in total. The lowest BCUT2D eigenvalue weighted by molar-refractivity contribution is -0.130. The van der Waals surface area contributed by atoms with Crippen molar-refractivity contribution in [1.29, 1.82) is 10.5 Å². The number of allylic oxidation sites excluding steroid dienone is 3. The number of alkyl halides is 2. The SMILES string of the molecule is CN1C(=O)[C@H](c2ccc(C(C)(F)F)cc2)[C@@](C)(C2=CC(c3cc(C#N)cc(C#N)c3)=CC2)N=C1N. The van der Waals surface area contributed by atoms with E-state index >= 15 is 0 Å². The van der Waals surface area contributed by atoms with Crippen molar-refractivity contribution < 1.29 is 13.6 Å². The van der Waals surface area contributed by atoms with Crippen LogP contribution in [0.4, 0.5) is 8.78 Å². The topological polar surface area (TPSA) is 106 Å². The summed E-state index contributed by atoms with van der Waals surface area (Å²) in [4.78, 5) is 19.4. The molecule has 0 fully saturated rings. The van der Waals surface area contributed by atoms with Crippen LogP contribution in [0.3, 0.4) is 0 Å². The van der Waals surface area contributed by atoms with Gasteiger partial charge in [-0.25, -0.2) is 13.8 Å². The summed E-state index contributed by atoms with van der Waals surface area (Å²) in [6, 6.07) is 14.8. The number of likely N-dealkylation sites (N-methyl/N-ethyl adjacent to an activating group) is 1. The molecule has 1 aliphatic carbocycles. The number of nitriles is 2. The van der Waals surface area contributed by atoms with Crippen molar-refractivity contribution in [1.82, 2.24) is 4.90 Å². The number of nitrogens with two attached hydrogens (primary N) is 1. The number of carbonyl (C=O) groups is 1. The van der Waals surface area contributed by atoms with Crippen molar-refractivity contribution >= 4 is 17.4 Å². The van der Waals surface area contributed by atoms with E-state index in [1.165, 1.54) is 42.3 Å². The molecule has 0 saturated carbocycles. The Hall–Kier alpha value is -4.30. The second kappa shape index (κ2) is 8.48. The lowest BCUT2D eigenvalue weighted by atomic mass is 9.73. The predicted molar refractivity (Wildman–Crippen MR) is 128 cm³/mol. The van der Waals surface area contributed by atoms with Gasteiger partial charge in [0.1, 0.15) is 0 Å². The van der Waals surface area contributed by atoms with Crippen LogP contribution in [0.1, 0.15) is 54.0 Å². The Balaban J connectivity index is 1.79. The largest absolute Gasteiger partial charge is 0.369 e. The zero-order chi connectivity index (χ0) is 25.5. The first kappa shape index (κ1) is 23.8. The van der Waals surface area contributed by atoms with Crippen LogP contribution in [-0.2, 0) is 10.7 Å². The highest BCUT2D eigenvalue weighted by Gasteiger charge is 2.48. The molecule has 1 amide bonds. The summed E-state index contributed by atoms with van der Waals surface area (Å²) in [6.07, 6.45) is 4.32. The van der Waals surface area contributed by atoms with Crippen LogP contribution in [0.2, 0.25) is 0 Å². The zero-order valence-electron chi connectivity index (χ0n) is 19.5. The second-order valence-corrected chi connectivity index (χ2v) is 9.01. The average Bonchev–Trinajstić information content (AvgIpc) is 3.33. The fourth-order valence-corrected chi connectivity index (χ4v) is 4.62. The molecule has 0 bridgehead atoms. The van der Waals surface area contributed by atoms with E-state index in [0.29, 0.717) is 28.7 Å². The van der Waals surface area contributed by atoms with Gasteiger partial charge in [0.25, 0.3) is 5.92 Å². The normalized spacial score (nSPS) is 22.1. The molecule has 2 aromatic carbocycles. The van der Waals surface area contributed by atoms with E-state index in [2.05, 4.69) is 12.1 Å². The lowest BCUT2D eigenvalue weighted by Gasteiger charge is -2.41. The van der Waals surface area contributed by atoms with Crippen LogP contribution in [0.15, 0.2) is 65.2 Å². The maximum atomic E-state index is 13.8. The van der Waals surface area contributed by atoms with E-state index in [0.717, 1.165) is 18.1 Å². The molecule has 2 aromatic rings. The van der Waals surface area contributed by atoms with Gasteiger partial charge in [-0.05, 0) is 53.8 Å². The van der Waals surface area contributed by atoms with E-state index in [9.17, 15) is 24.1 Å². The molecule has 0 radical (unpaired) electrons. The molecule has 0 saturated heterocycles. The van der Waals surface area contributed by atoms with Crippen LogP contribution in [0.25, 0.3) is 5.57 Å². The van der Waals surface area contributed by atoms with Crippen LogP contribution < -0.4 is 5.73 Å². The number of guanidine groups is 1. The molecule has 176 valence electrons. The molecule has 8 heteroatoms. The third-order valence-electron chi connectivity index (χ3n) is 6.63. The minimum Gasteiger partial charge on any atom is -0.369 e. The average molecular weight is 472 g/mol. The van der Waals surface area contributed by atoms with Crippen LogP contribution >= 0.6 is 0 Å². The summed E-state index contributed by atoms with van der Waals surface area (Å²) in [7, 11) is 1.53. The van der Waals surface area contributed by atoms with E-state index in [4.69, 9.17) is 10.7 Å². The van der Waals surface area contributed by atoms with E-state index in [1.807, 2.05) is 19.1 Å². The number of rotatable bonds is 4. The lowest BCUT2D eigenvalue weighted by Crippen LogP contribution is -2.54. The van der Waals surface area contributed by atoms with E-state index in [-0.39, 0.29) is 17.4 Å². The number of hydrogen-bond donors (Lipinski definition) is 1. The molecule has 35 heavy (non-hydrogen) atoms. The molecule has 6 nitrogen and oxygen atoms in total. The highest BCUT2D eigenvalue weighted by Crippen LogP contribution is 2.46. The van der Waals surface area contributed by atoms with Gasteiger partial charge in [0, 0.05) is 19.5 Å². The highest BCUT2D eigenvalue weighted by atomic mass is 19.3. The molecule has 4 rings (SSSR count). The molecule has 2 aliphatic rings. The molecule has 1 heterocycles. The first-order valence-electron chi connectivity index (χ1n) is 11.0. The Morgan fingerprint density at radius 1 is 1.14 bits per heavy atom. The van der Waals surface area contributed by atoms with Crippen molar-refractivity contribution in [2.45, 2.75) is 37.6 Å². The summed E-state index contributed by atoms with van der Waals surface area (Å²) < 4.78 is 27.5. The summed E-state index contributed by atoms with van der Waals surface area (Å²) >= 11 is 0. The van der Waals surface area contributed by atoms with Crippen molar-refractivity contribution in [2.75, 3.05) is 7.05 Å². The summed E-state index contributed by atoms with van der Waals surface area (Å²) in [5, 5.41) is 18.6. The predicted octanol–water partition coefficient (Wildman–Crippen LogP) is 4.58. The minimum atomic E-state index is -3.00. The molecule has 1 aliphatic heterocycles. The van der Waals surface area contributed by atoms with Crippen LogP contribution in [0, 0.1) is 22.7 Å². The maximum Gasteiger partial charge on any atom is 0.270 e. The monoisotopic (exact) mass is 471 g/mol. The van der Waals surface area contributed by atoms with Crippen LogP contribution in [-0.4, -0.2) is 29.4 Å². The fourth-order valence-electron chi connectivity index (χ4n) is 4.62. The van der Waals surface area contributed by atoms with Gasteiger partial charge in [-0.2, -0.15) is 10.5 Å². The van der Waals surface area contributed by atoms with E-state index in [1.54, 1.807) is 12.1 Å². The third kappa shape index (κ3) is 4.20. The standard InChI is InChI=1S/C27H23F2N5O/c1-26(22-9-6-19(13-22)20-11-16(14-30)10-17(12-20)15-31)23(24(35)34(3)25(32)33-26)18-4-7-21(8-5-18)27(2,28)29/h4-8,10-13,23H,9H2,1-3H3,(H2,32,33)/t23-,26+/m0/s1. The Kier molecular flexibility index (Phi) is 5.78. The number of hydrogen-bond acceptors (Lipinski definition) is 5. The molecular weight excluding hydrogens is 448 g/mol. The molecule has 0 unspecified atom stereocenters. The Bertz CT molecular complexity index is 1350. The summed E-state index contributed by atoms with van der Waals surface area (Å²) in [6.45, 7) is 2.64. The number of amides is 1. The van der Waals surface area contributed by atoms with Gasteiger partial charge in [0.15, 0.2) is 5.96 Å². The number of halogens is 2. The highest BCUT2D eigenvalue weighted by molar-refractivity contribution is 6.03. The maximum absolute atomic E-state index is 13.8. The molecule has 0 spiro atoms. The van der Waals surface area contributed by atoms with Crippen molar-refractivity contribution in [3.8, 4) is 12.1 Å². The van der Waals surface area contributed by atoms with Crippen molar-refractivity contribution in [2.24, 2.45) is 10.7 Å². The number of benzene rings is 2. The van der Waals surface area contributed by atoms with Gasteiger partial charge in [0.05, 0.1) is 34.7 Å². The molecular formula is C27H23F2N5O. The second-order valence-electron chi connectivity index (χ2n) is 9.01. The first-order valence-corrected chi connectivity index (χ1v) is 11.0. The van der Waals surface area contributed by atoms with Gasteiger partial charge in [-0.15, -0.1) is 0 Å². The quantitative estimate of drug-likeness (QED) is 0.704. The Morgan fingerprint density at radius 2 is 1.74 bits per heavy atom. The first-order chi connectivity index (χ1) is 16.5. The van der Waals surface area contributed by atoms with Crippen molar-refractivity contribution in [3.05, 3.63) is 88.0 Å². The zero-order valence-corrected chi connectivity index (χ0v) is 19.5. The smallest absolute Gasteiger partial charge is 0.270 e. The van der Waals surface area contributed by atoms with Crippen molar-refractivity contribution in [3.63, 3.8) is 0 Å². The number of aliphatic imine (C=N–C) groups is 1. The Morgan fingerprint density at radius 3 is 2.29 bits per heavy atom. The van der Waals surface area contributed by atoms with Crippen LogP contribution in [0.5, 0.6) is 0 Å². The number of carbonyl (C=O) groups excluding carboxylic acids is 1. The molecule has 2 atom stereocenters.